The first kappa shape index (κ1) is 24.0. The molecular formula is C20H40IN3O2. The van der Waals surface area contributed by atoms with Gasteiger partial charge in [0.15, 0.2) is 5.96 Å². The average Bonchev–Trinajstić information content (AvgIpc) is 3.33. The summed E-state index contributed by atoms with van der Waals surface area (Å²) in [6.45, 7) is 10.3. The topological polar surface area (TPSA) is 46.1 Å². The first-order valence-electron chi connectivity index (χ1n) is 10.3. The summed E-state index contributed by atoms with van der Waals surface area (Å²) in [5.74, 6) is 1.85. The van der Waals surface area contributed by atoms with Gasteiger partial charge in [-0.1, -0.05) is 12.8 Å². The predicted molar refractivity (Wildman–Crippen MR) is 120 cm³/mol. The molecule has 0 radical (unpaired) electrons. The zero-order valence-electron chi connectivity index (χ0n) is 17.1. The summed E-state index contributed by atoms with van der Waals surface area (Å²) in [6.07, 6.45) is 9.09. The second kappa shape index (κ2) is 13.2. The van der Waals surface area contributed by atoms with Crippen LogP contribution >= 0.6 is 24.0 Å². The Bertz CT molecular complexity index is 397. The average molecular weight is 481 g/mol. The van der Waals surface area contributed by atoms with Crippen molar-refractivity contribution in [3.8, 4) is 0 Å². The van der Waals surface area contributed by atoms with Gasteiger partial charge in [0, 0.05) is 46.5 Å². The van der Waals surface area contributed by atoms with Crippen molar-refractivity contribution < 1.29 is 9.47 Å². The van der Waals surface area contributed by atoms with Gasteiger partial charge in [-0.15, -0.1) is 24.0 Å². The molecule has 0 aromatic rings. The Morgan fingerprint density at radius 3 is 2.50 bits per heavy atom. The molecule has 2 fully saturated rings. The highest BCUT2D eigenvalue weighted by Crippen LogP contribution is 2.41. The van der Waals surface area contributed by atoms with E-state index in [4.69, 9.17) is 14.5 Å². The monoisotopic (exact) mass is 481 g/mol. The first-order chi connectivity index (χ1) is 12.2. The van der Waals surface area contributed by atoms with Crippen LogP contribution in [0.4, 0.5) is 0 Å². The van der Waals surface area contributed by atoms with Gasteiger partial charge >= 0.3 is 0 Å². The SMILES string of the molecule is CCNC(=NCC1(CCOCC)CCCC1)N(C)CCOCC1CC1.I. The van der Waals surface area contributed by atoms with Crippen molar-refractivity contribution in [1.29, 1.82) is 0 Å². The molecule has 26 heavy (non-hydrogen) atoms. The third-order valence-corrected chi connectivity index (χ3v) is 5.53. The minimum Gasteiger partial charge on any atom is -0.382 e. The highest BCUT2D eigenvalue weighted by atomic mass is 127. The Morgan fingerprint density at radius 1 is 1.15 bits per heavy atom. The van der Waals surface area contributed by atoms with Gasteiger partial charge < -0.3 is 19.7 Å². The van der Waals surface area contributed by atoms with Gasteiger partial charge in [-0.3, -0.25) is 4.99 Å². The zero-order valence-corrected chi connectivity index (χ0v) is 19.4. The molecule has 0 atom stereocenters. The normalized spacial score (nSPS) is 19.3. The van der Waals surface area contributed by atoms with Crippen molar-refractivity contribution in [2.24, 2.45) is 16.3 Å². The maximum Gasteiger partial charge on any atom is 0.193 e. The lowest BCUT2D eigenvalue weighted by Crippen LogP contribution is -2.41. The van der Waals surface area contributed by atoms with Crippen LogP contribution in [0.5, 0.6) is 0 Å². The van der Waals surface area contributed by atoms with E-state index in [1.54, 1.807) is 0 Å². The lowest BCUT2D eigenvalue weighted by atomic mass is 9.83. The summed E-state index contributed by atoms with van der Waals surface area (Å²) in [4.78, 5) is 7.20. The molecule has 0 amide bonds. The van der Waals surface area contributed by atoms with Crippen molar-refractivity contribution in [2.75, 3.05) is 53.1 Å². The maximum absolute atomic E-state index is 5.78. The number of aliphatic imine (C=N–C) groups is 1. The fraction of sp³-hybridized carbons (Fsp3) is 0.950. The number of rotatable bonds is 12. The Balaban J connectivity index is 0.00000338. The van der Waals surface area contributed by atoms with Crippen molar-refractivity contribution in [1.82, 2.24) is 10.2 Å². The van der Waals surface area contributed by atoms with E-state index in [1.807, 2.05) is 0 Å². The summed E-state index contributed by atoms with van der Waals surface area (Å²) in [5, 5.41) is 3.44. The Morgan fingerprint density at radius 2 is 1.88 bits per heavy atom. The Kier molecular flexibility index (Phi) is 12.1. The fourth-order valence-corrected chi connectivity index (χ4v) is 3.60. The van der Waals surface area contributed by atoms with Crippen LogP contribution in [-0.4, -0.2) is 64.0 Å². The number of hydrogen-bond acceptors (Lipinski definition) is 3. The highest BCUT2D eigenvalue weighted by Gasteiger charge is 2.33. The van der Waals surface area contributed by atoms with Gasteiger partial charge in [-0.25, -0.2) is 0 Å². The zero-order chi connectivity index (χ0) is 18.0. The van der Waals surface area contributed by atoms with E-state index < -0.39 is 0 Å². The van der Waals surface area contributed by atoms with Gasteiger partial charge in [0.1, 0.15) is 0 Å². The van der Waals surface area contributed by atoms with Crippen molar-refractivity contribution in [3.63, 3.8) is 0 Å². The van der Waals surface area contributed by atoms with E-state index >= 15 is 0 Å². The van der Waals surface area contributed by atoms with E-state index in [2.05, 4.69) is 31.1 Å². The number of likely N-dealkylation sites (N-methyl/N-ethyl adjacent to an activating group) is 1. The van der Waals surface area contributed by atoms with E-state index in [0.717, 1.165) is 64.4 Å². The van der Waals surface area contributed by atoms with Gasteiger partial charge in [-0.2, -0.15) is 0 Å². The molecule has 5 nitrogen and oxygen atoms in total. The van der Waals surface area contributed by atoms with Crippen LogP contribution in [0.15, 0.2) is 4.99 Å². The van der Waals surface area contributed by atoms with Crippen LogP contribution in [0.1, 0.15) is 58.8 Å². The molecule has 0 saturated heterocycles. The molecule has 2 aliphatic carbocycles. The van der Waals surface area contributed by atoms with E-state index in [1.165, 1.54) is 38.5 Å². The van der Waals surface area contributed by atoms with Crippen molar-refractivity contribution >= 4 is 29.9 Å². The van der Waals surface area contributed by atoms with Crippen LogP contribution in [0.25, 0.3) is 0 Å². The van der Waals surface area contributed by atoms with Gasteiger partial charge in [0.2, 0.25) is 0 Å². The summed E-state index contributed by atoms with van der Waals surface area (Å²) in [6, 6.07) is 0. The molecule has 0 unspecified atom stereocenters. The smallest absolute Gasteiger partial charge is 0.193 e. The molecule has 0 aromatic carbocycles. The number of guanidine groups is 1. The standard InChI is InChI=1S/C20H39N3O2.HI/c1-4-21-19(23(3)13-15-25-16-18-8-9-18)22-17-20(10-6-7-11-20)12-14-24-5-2;/h18H,4-17H2,1-3H3,(H,21,22);1H. The summed E-state index contributed by atoms with van der Waals surface area (Å²) < 4.78 is 11.4. The largest absolute Gasteiger partial charge is 0.382 e. The fourth-order valence-electron chi connectivity index (χ4n) is 3.60. The van der Waals surface area contributed by atoms with Crippen LogP contribution < -0.4 is 5.32 Å². The van der Waals surface area contributed by atoms with Crippen molar-refractivity contribution in [3.05, 3.63) is 0 Å². The van der Waals surface area contributed by atoms with Gasteiger partial charge in [-0.05, 0) is 57.3 Å². The quantitative estimate of drug-likeness (QED) is 0.199. The molecule has 2 aliphatic rings. The van der Waals surface area contributed by atoms with Crippen LogP contribution in [0.3, 0.4) is 0 Å². The molecular weight excluding hydrogens is 441 g/mol. The Labute approximate surface area is 177 Å². The van der Waals surface area contributed by atoms with Crippen LogP contribution in [0.2, 0.25) is 0 Å². The molecule has 0 spiro atoms. The van der Waals surface area contributed by atoms with E-state index in [9.17, 15) is 0 Å². The highest BCUT2D eigenvalue weighted by molar-refractivity contribution is 14.0. The Hall–Kier alpha value is -0.0800. The number of halogens is 1. The maximum atomic E-state index is 5.78. The molecule has 0 heterocycles. The number of nitrogens with zero attached hydrogens (tertiary/aromatic N) is 2. The van der Waals surface area contributed by atoms with Gasteiger partial charge in [0.05, 0.1) is 6.61 Å². The number of nitrogens with one attached hydrogen (secondary N) is 1. The van der Waals surface area contributed by atoms with E-state index in [-0.39, 0.29) is 24.0 Å². The molecule has 0 aliphatic heterocycles. The molecule has 0 bridgehead atoms. The lowest BCUT2D eigenvalue weighted by Gasteiger charge is -2.29. The molecule has 0 aromatic heterocycles. The van der Waals surface area contributed by atoms with Crippen LogP contribution in [0, 0.1) is 11.3 Å². The molecule has 2 rings (SSSR count). The third kappa shape index (κ3) is 8.74. The lowest BCUT2D eigenvalue weighted by molar-refractivity contribution is 0.106. The third-order valence-electron chi connectivity index (χ3n) is 5.53. The summed E-state index contributed by atoms with van der Waals surface area (Å²) in [5.41, 5.74) is 0.346. The second-order valence-electron chi connectivity index (χ2n) is 7.76. The summed E-state index contributed by atoms with van der Waals surface area (Å²) in [7, 11) is 2.11. The predicted octanol–water partition coefficient (Wildman–Crippen LogP) is 3.92. The van der Waals surface area contributed by atoms with Gasteiger partial charge in [0.25, 0.3) is 0 Å². The van der Waals surface area contributed by atoms with E-state index in [0.29, 0.717) is 5.41 Å². The molecule has 2 saturated carbocycles. The number of hydrogen-bond donors (Lipinski definition) is 1. The minimum absolute atomic E-state index is 0. The van der Waals surface area contributed by atoms with Crippen LogP contribution in [-0.2, 0) is 9.47 Å². The minimum atomic E-state index is 0. The first-order valence-corrected chi connectivity index (χ1v) is 10.3. The second-order valence-corrected chi connectivity index (χ2v) is 7.76. The molecule has 154 valence electrons. The number of ether oxygens (including phenoxy) is 2. The summed E-state index contributed by atoms with van der Waals surface area (Å²) >= 11 is 0. The molecule has 6 heteroatoms. The molecule has 1 N–H and O–H groups in total. The van der Waals surface area contributed by atoms with Crippen molar-refractivity contribution in [2.45, 2.75) is 58.8 Å².